The maximum Gasteiger partial charge on any atom is 0.272 e. The van der Waals surface area contributed by atoms with E-state index in [-0.39, 0.29) is 34.9 Å². The number of nitrogens with zero attached hydrogens (tertiary/aromatic N) is 4. The molecular weight excluding hydrogens is 527 g/mol. The van der Waals surface area contributed by atoms with Gasteiger partial charge in [0.25, 0.3) is 11.8 Å². The van der Waals surface area contributed by atoms with Gasteiger partial charge in [0.05, 0.1) is 53.3 Å². The molecule has 1 aliphatic rings. The Morgan fingerprint density at radius 1 is 1.18 bits per heavy atom. The van der Waals surface area contributed by atoms with E-state index in [4.69, 9.17) is 28.3 Å². The van der Waals surface area contributed by atoms with E-state index in [2.05, 4.69) is 31.1 Å². The summed E-state index contributed by atoms with van der Waals surface area (Å²) in [6, 6.07) is 6.77. The first kappa shape index (κ1) is 29.1. The summed E-state index contributed by atoms with van der Waals surface area (Å²) < 4.78 is 5.74. The molecule has 0 spiro atoms. The van der Waals surface area contributed by atoms with Gasteiger partial charge in [-0.25, -0.2) is 4.98 Å². The molecule has 2 aromatic heterocycles. The molecule has 2 heterocycles. The minimum absolute atomic E-state index is 0.0686. The van der Waals surface area contributed by atoms with Gasteiger partial charge < -0.3 is 25.6 Å². The summed E-state index contributed by atoms with van der Waals surface area (Å²) in [4.78, 5) is 44.8. The third-order valence-electron chi connectivity index (χ3n) is 6.07. The van der Waals surface area contributed by atoms with Crippen LogP contribution in [0.25, 0.3) is 10.6 Å². The molecule has 0 bridgehead atoms. The molecule has 40 heavy (non-hydrogen) atoms. The van der Waals surface area contributed by atoms with Crippen LogP contribution in [0.4, 0.5) is 17.2 Å². The Labute approximate surface area is 240 Å². The second kappa shape index (κ2) is 11.7. The Morgan fingerprint density at radius 2 is 1.90 bits per heavy atom. The number of hydrogen-bond acceptors (Lipinski definition) is 9. The highest BCUT2D eigenvalue weighted by Gasteiger charge is 2.30. The summed E-state index contributed by atoms with van der Waals surface area (Å²) in [6.45, 7) is 4.24. The van der Waals surface area contributed by atoms with Crippen LogP contribution < -0.4 is 20.7 Å². The van der Waals surface area contributed by atoms with Crippen LogP contribution in [0.3, 0.4) is 0 Å². The molecule has 15 heteroatoms. The summed E-state index contributed by atoms with van der Waals surface area (Å²) in [5.41, 5.74) is 1.68. The third kappa shape index (κ3) is 6.64. The normalized spacial score (nSPS) is 12.9. The summed E-state index contributed by atoms with van der Waals surface area (Å²) >= 11 is 1.26. The van der Waals surface area contributed by atoms with Crippen LogP contribution in [0.2, 0.25) is 0 Å². The smallest absolute Gasteiger partial charge is 0.272 e. The van der Waals surface area contributed by atoms with Crippen LogP contribution in [-0.2, 0) is 4.79 Å². The Bertz CT molecular complexity index is 1460. The maximum atomic E-state index is 12.9. The van der Waals surface area contributed by atoms with E-state index in [1.54, 1.807) is 31.0 Å². The number of benzene rings is 1. The minimum atomic E-state index is -2.00. The molecule has 6 radical (unpaired) electrons. The molecule has 0 atom stereocenters. The molecule has 0 aliphatic heterocycles. The van der Waals surface area contributed by atoms with Crippen molar-refractivity contribution in [3.8, 4) is 16.3 Å². The van der Waals surface area contributed by atoms with E-state index in [1.807, 2.05) is 13.0 Å². The van der Waals surface area contributed by atoms with Crippen LogP contribution in [0.5, 0.6) is 5.75 Å². The fourth-order valence-electron chi connectivity index (χ4n) is 3.74. The van der Waals surface area contributed by atoms with Gasteiger partial charge in [-0.05, 0) is 38.8 Å². The number of ether oxygens (including phenoxy) is 1. The number of hydrogen-bond donors (Lipinski definition) is 3. The second-order valence-corrected chi connectivity index (χ2v) is 10.4. The number of rotatable bonds is 10. The van der Waals surface area contributed by atoms with E-state index in [9.17, 15) is 14.4 Å². The summed E-state index contributed by atoms with van der Waals surface area (Å²) in [6.07, 6.45) is 1.61. The van der Waals surface area contributed by atoms with Crippen molar-refractivity contribution in [1.82, 2.24) is 25.4 Å². The van der Waals surface area contributed by atoms with Crippen LogP contribution in [0, 0.1) is 12.8 Å². The number of nitrogens with one attached hydrogen (secondary N) is 3. The fraction of sp³-hybridized carbons (Fsp3) is 0.360. The fourth-order valence-corrected chi connectivity index (χ4v) is 4.82. The monoisotopic (exact) mass is 553 g/mol. The highest BCUT2D eigenvalue weighted by molar-refractivity contribution is 7.17. The minimum Gasteiger partial charge on any atom is -0.494 e. The zero-order chi connectivity index (χ0) is 29.2. The van der Waals surface area contributed by atoms with Crippen LogP contribution >= 0.6 is 11.3 Å². The number of anilines is 3. The molecule has 4 rings (SSSR count). The Kier molecular flexibility index (Phi) is 8.52. The number of carbonyl (C=O) groups is 3. The first-order chi connectivity index (χ1) is 18.9. The topological polar surface area (TPSA) is 138 Å². The number of methoxy groups -OCH3 is 1. The van der Waals surface area contributed by atoms with Crippen LogP contribution in [0.1, 0.15) is 45.6 Å². The lowest BCUT2D eigenvalue weighted by molar-refractivity contribution is -0.117. The number of aryl methyl sites for hydroxylation is 1. The molecule has 1 fully saturated rings. The summed E-state index contributed by atoms with van der Waals surface area (Å²) in [5.74, 6) is -0.620. The Morgan fingerprint density at radius 3 is 2.52 bits per heavy atom. The van der Waals surface area contributed by atoms with Gasteiger partial charge in [-0.3, -0.25) is 14.4 Å². The lowest BCUT2D eigenvalue weighted by atomic mass is 9.49. The van der Waals surface area contributed by atoms with Crippen molar-refractivity contribution in [3.05, 3.63) is 40.5 Å². The molecule has 200 valence electrons. The standard InChI is InChI=1S/C25H26B3N7O4S/c1-5-35(3)24(38)20-12(2)29-23(40-20)14-7-6-8-15(19(14)39-4)30-16-11-17(31-21(36)13-9-10-13)33-34-18(16)22(37)32-25(26,27)28/h6-8,11,13H,5,9-10H2,1-4H3,(H,32,37)(H2,30,31,33,36). The average Bonchev–Trinajstić information content (AvgIpc) is 3.68. The molecule has 1 aromatic carbocycles. The number of para-hydroxylation sites is 1. The van der Waals surface area contributed by atoms with Crippen molar-refractivity contribution in [2.75, 3.05) is 31.3 Å². The maximum absolute atomic E-state index is 12.9. The molecule has 3 amide bonds. The summed E-state index contributed by atoms with van der Waals surface area (Å²) in [5, 5.41) is 14.6. The molecule has 1 saturated carbocycles. The van der Waals surface area contributed by atoms with Gasteiger partial charge in [0.2, 0.25) is 5.91 Å². The van der Waals surface area contributed by atoms with Gasteiger partial charge in [-0.2, -0.15) is 0 Å². The van der Waals surface area contributed by atoms with Gasteiger partial charge in [0.15, 0.2) is 17.3 Å². The van der Waals surface area contributed by atoms with Gasteiger partial charge >= 0.3 is 0 Å². The first-order valence-corrected chi connectivity index (χ1v) is 13.3. The lowest BCUT2D eigenvalue weighted by Crippen LogP contribution is -2.50. The van der Waals surface area contributed by atoms with Gasteiger partial charge in [-0.1, -0.05) is 11.3 Å². The quantitative estimate of drug-likeness (QED) is 0.324. The van der Waals surface area contributed by atoms with Crippen molar-refractivity contribution in [1.29, 1.82) is 0 Å². The zero-order valence-corrected chi connectivity index (χ0v) is 23.4. The highest BCUT2D eigenvalue weighted by Crippen LogP contribution is 2.41. The van der Waals surface area contributed by atoms with Crippen molar-refractivity contribution in [2.24, 2.45) is 5.92 Å². The van der Waals surface area contributed by atoms with Crippen LogP contribution in [-0.4, -0.2) is 87.3 Å². The molecule has 3 N–H and O–H groups in total. The molecule has 0 saturated heterocycles. The van der Waals surface area contributed by atoms with E-state index in [0.717, 1.165) is 12.8 Å². The predicted octanol–water partition coefficient (Wildman–Crippen LogP) is 1.95. The number of amides is 3. The predicted molar refractivity (Wildman–Crippen MR) is 156 cm³/mol. The molecule has 11 nitrogen and oxygen atoms in total. The molecule has 1 aliphatic carbocycles. The molecular formula is C25H26B3N7O4S. The first-order valence-electron chi connectivity index (χ1n) is 12.5. The van der Waals surface area contributed by atoms with E-state index < -0.39 is 11.1 Å². The Balaban J connectivity index is 1.73. The number of thiazole rings is 1. The highest BCUT2D eigenvalue weighted by atomic mass is 32.1. The third-order valence-corrected chi connectivity index (χ3v) is 7.25. The number of aromatic nitrogens is 3. The Hall–Kier alpha value is -3.87. The molecule has 0 unspecified atom stereocenters. The largest absolute Gasteiger partial charge is 0.494 e. The number of carbonyl (C=O) groups excluding carboxylic acids is 3. The molecule has 3 aromatic rings. The van der Waals surface area contributed by atoms with E-state index in [1.165, 1.54) is 24.5 Å². The second-order valence-electron chi connectivity index (χ2n) is 9.41. The van der Waals surface area contributed by atoms with E-state index >= 15 is 0 Å². The van der Waals surface area contributed by atoms with Crippen molar-refractivity contribution in [3.63, 3.8) is 0 Å². The average molecular weight is 553 g/mol. The van der Waals surface area contributed by atoms with Gasteiger partial charge in [0, 0.05) is 25.6 Å². The van der Waals surface area contributed by atoms with Crippen molar-refractivity contribution >= 4 is 69.8 Å². The summed E-state index contributed by atoms with van der Waals surface area (Å²) in [7, 11) is 19.9. The lowest BCUT2D eigenvalue weighted by Gasteiger charge is -2.23. The van der Waals surface area contributed by atoms with Gasteiger partial charge in [0.1, 0.15) is 9.88 Å². The SMILES string of the molecule is [B]C([B])([B])NC(=O)c1nnc(NC(=O)C2CC2)cc1Nc1cccc(-c2nc(C)c(C(=O)N(C)CC)s2)c1OC. The van der Waals surface area contributed by atoms with Gasteiger partial charge in [-0.15, -0.1) is 21.5 Å². The zero-order valence-electron chi connectivity index (χ0n) is 22.6. The van der Waals surface area contributed by atoms with E-state index in [0.29, 0.717) is 39.1 Å². The van der Waals surface area contributed by atoms with Crippen molar-refractivity contribution in [2.45, 2.75) is 31.9 Å². The van der Waals surface area contributed by atoms with Crippen LogP contribution in [0.15, 0.2) is 24.3 Å². The van der Waals surface area contributed by atoms with Crippen molar-refractivity contribution < 1.29 is 19.1 Å².